The quantitative estimate of drug-likeness (QED) is 0.757. The third-order valence-electron chi connectivity index (χ3n) is 3.96. The molecule has 2 N–H and O–H groups in total. The number of rotatable bonds is 3. The van der Waals surface area contributed by atoms with Gasteiger partial charge in [0.1, 0.15) is 0 Å². The maximum Gasteiger partial charge on any atom is 0.162 e. The molecule has 1 atom stereocenters. The lowest BCUT2D eigenvalue weighted by molar-refractivity contribution is -0.118. The average Bonchev–Trinajstić information content (AvgIpc) is 2.34. The van der Waals surface area contributed by atoms with Crippen LogP contribution in [0.1, 0.15) is 39.0 Å². The Labute approximate surface area is 108 Å². The van der Waals surface area contributed by atoms with Crippen LogP contribution in [0.5, 0.6) is 0 Å². The second-order valence-electron chi connectivity index (χ2n) is 5.42. The van der Waals surface area contributed by atoms with Gasteiger partial charge in [0.2, 0.25) is 0 Å². The van der Waals surface area contributed by atoms with E-state index >= 15 is 0 Å². The molecule has 2 aliphatic rings. The summed E-state index contributed by atoms with van der Waals surface area (Å²) in [5.41, 5.74) is 0.889. The van der Waals surface area contributed by atoms with Gasteiger partial charge in [-0.2, -0.15) is 0 Å². The van der Waals surface area contributed by atoms with Crippen molar-refractivity contribution in [2.24, 2.45) is 11.8 Å². The van der Waals surface area contributed by atoms with Crippen molar-refractivity contribution in [1.82, 2.24) is 0 Å². The summed E-state index contributed by atoms with van der Waals surface area (Å²) < 4.78 is 5.33. The minimum Gasteiger partial charge on any atom is -0.512 e. The number of carbonyl (C=O) groups excluding carboxylic acids is 1. The van der Waals surface area contributed by atoms with E-state index in [1.54, 1.807) is 6.92 Å². The molecule has 1 saturated heterocycles. The lowest BCUT2D eigenvalue weighted by atomic mass is 9.75. The van der Waals surface area contributed by atoms with Crippen LogP contribution in [0.15, 0.2) is 11.3 Å². The van der Waals surface area contributed by atoms with Crippen LogP contribution in [0.25, 0.3) is 0 Å². The minimum atomic E-state index is 0.0295. The monoisotopic (exact) mass is 251 g/mol. The summed E-state index contributed by atoms with van der Waals surface area (Å²) in [6.07, 6.45) is 3.40. The third kappa shape index (κ3) is 2.99. The van der Waals surface area contributed by atoms with Crippen molar-refractivity contribution in [1.29, 1.82) is 5.41 Å². The van der Waals surface area contributed by atoms with Gasteiger partial charge in [-0.25, -0.2) is 0 Å². The standard InChI is InChI=1S/C14H21NO3/c1-9(15)6-12-13(16)7-11(8-14(12)17)10-2-4-18-5-3-10/h10-11,15-16H,2-8H2,1H3. The molecule has 0 amide bonds. The van der Waals surface area contributed by atoms with Crippen molar-refractivity contribution in [3.05, 3.63) is 11.3 Å². The largest absolute Gasteiger partial charge is 0.512 e. The first kappa shape index (κ1) is 13.3. The molecule has 0 radical (unpaired) electrons. The number of aliphatic hydroxyl groups excluding tert-OH is 1. The third-order valence-corrected chi connectivity index (χ3v) is 3.96. The smallest absolute Gasteiger partial charge is 0.162 e. The van der Waals surface area contributed by atoms with Crippen LogP contribution in [0.3, 0.4) is 0 Å². The van der Waals surface area contributed by atoms with Gasteiger partial charge >= 0.3 is 0 Å². The van der Waals surface area contributed by atoms with Gasteiger partial charge in [-0.3, -0.25) is 4.79 Å². The van der Waals surface area contributed by atoms with Crippen molar-refractivity contribution in [3.63, 3.8) is 0 Å². The first-order chi connectivity index (χ1) is 8.58. The summed E-state index contributed by atoms with van der Waals surface area (Å²) in [5, 5.41) is 17.5. The molecular weight excluding hydrogens is 230 g/mol. The van der Waals surface area contributed by atoms with Crippen molar-refractivity contribution in [2.75, 3.05) is 13.2 Å². The first-order valence-corrected chi connectivity index (χ1v) is 6.64. The van der Waals surface area contributed by atoms with Crippen molar-refractivity contribution in [2.45, 2.75) is 39.0 Å². The Kier molecular flexibility index (Phi) is 4.17. The molecule has 1 unspecified atom stereocenters. The zero-order chi connectivity index (χ0) is 13.1. The predicted octanol–water partition coefficient (Wildman–Crippen LogP) is 2.63. The van der Waals surface area contributed by atoms with Crippen molar-refractivity contribution >= 4 is 11.5 Å². The SMILES string of the molecule is CC(=N)CC1=C(O)CC(C2CCOCC2)CC1=O. The van der Waals surface area contributed by atoms with Crippen LogP contribution in [0.2, 0.25) is 0 Å². The second kappa shape index (κ2) is 5.65. The van der Waals surface area contributed by atoms with Gasteiger partial charge < -0.3 is 15.3 Å². The van der Waals surface area contributed by atoms with Crippen LogP contribution >= 0.6 is 0 Å². The fourth-order valence-corrected chi connectivity index (χ4v) is 2.95. The molecule has 0 spiro atoms. The maximum atomic E-state index is 12.0. The Morgan fingerprint density at radius 1 is 1.33 bits per heavy atom. The van der Waals surface area contributed by atoms with E-state index in [0.717, 1.165) is 26.1 Å². The molecule has 1 aliphatic carbocycles. The number of hydrogen-bond acceptors (Lipinski definition) is 4. The van der Waals surface area contributed by atoms with Crippen molar-refractivity contribution < 1.29 is 14.6 Å². The molecule has 0 aromatic heterocycles. The molecule has 0 aromatic carbocycles. The molecule has 1 fully saturated rings. The number of aliphatic hydroxyl groups is 1. The maximum absolute atomic E-state index is 12.0. The molecule has 4 heteroatoms. The molecule has 18 heavy (non-hydrogen) atoms. The summed E-state index contributed by atoms with van der Waals surface area (Å²) in [4.78, 5) is 12.0. The summed E-state index contributed by atoms with van der Waals surface area (Å²) in [6.45, 7) is 3.21. The van der Waals surface area contributed by atoms with Crippen LogP contribution in [-0.4, -0.2) is 29.8 Å². The topological polar surface area (TPSA) is 70.4 Å². The molecule has 2 rings (SSSR count). The second-order valence-corrected chi connectivity index (χ2v) is 5.42. The van der Waals surface area contributed by atoms with Gasteiger partial charge in [-0.05, 0) is 31.6 Å². The van der Waals surface area contributed by atoms with E-state index in [-0.39, 0.29) is 17.5 Å². The molecular formula is C14H21NO3. The van der Waals surface area contributed by atoms with Gasteiger partial charge in [-0.15, -0.1) is 0 Å². The van der Waals surface area contributed by atoms with Gasteiger partial charge in [0.25, 0.3) is 0 Å². The Balaban J connectivity index is 2.06. The summed E-state index contributed by atoms with van der Waals surface area (Å²) in [5.74, 6) is 1.000. The Hall–Kier alpha value is -1.16. The normalized spacial score (nSPS) is 26.5. The highest BCUT2D eigenvalue weighted by atomic mass is 16.5. The van der Waals surface area contributed by atoms with Crippen molar-refractivity contribution in [3.8, 4) is 0 Å². The molecule has 100 valence electrons. The lowest BCUT2D eigenvalue weighted by Crippen LogP contribution is -2.29. The molecule has 0 aromatic rings. The average molecular weight is 251 g/mol. The molecule has 0 saturated carbocycles. The minimum absolute atomic E-state index is 0.0295. The predicted molar refractivity (Wildman–Crippen MR) is 68.9 cm³/mol. The number of allylic oxidation sites excluding steroid dienone is 2. The fraction of sp³-hybridized carbons (Fsp3) is 0.714. The number of nitrogens with one attached hydrogen (secondary N) is 1. The van der Waals surface area contributed by atoms with Gasteiger partial charge in [-0.1, -0.05) is 0 Å². The molecule has 4 nitrogen and oxygen atoms in total. The number of carbonyl (C=O) groups is 1. The van der Waals surface area contributed by atoms with Crippen LogP contribution in [0, 0.1) is 17.2 Å². The zero-order valence-electron chi connectivity index (χ0n) is 10.9. The summed E-state index contributed by atoms with van der Waals surface area (Å²) in [7, 11) is 0. The van der Waals surface area contributed by atoms with E-state index in [1.807, 2.05) is 0 Å². The number of Topliss-reactive ketones (excluding diaryl/α,β-unsaturated/α-hetero) is 1. The summed E-state index contributed by atoms with van der Waals surface area (Å²) in [6, 6.07) is 0. The summed E-state index contributed by atoms with van der Waals surface area (Å²) >= 11 is 0. The van der Waals surface area contributed by atoms with Gasteiger partial charge in [0.15, 0.2) is 5.78 Å². The number of ether oxygens (including phenoxy) is 1. The van der Waals surface area contributed by atoms with Gasteiger partial charge in [0, 0.05) is 43.8 Å². The van der Waals surface area contributed by atoms with E-state index < -0.39 is 0 Å². The lowest BCUT2D eigenvalue weighted by Gasteiger charge is -2.32. The fourth-order valence-electron chi connectivity index (χ4n) is 2.95. The Morgan fingerprint density at radius 3 is 2.56 bits per heavy atom. The number of hydrogen-bond donors (Lipinski definition) is 2. The van der Waals surface area contributed by atoms with E-state index in [2.05, 4.69) is 0 Å². The van der Waals surface area contributed by atoms with Crippen LogP contribution in [0.4, 0.5) is 0 Å². The highest BCUT2D eigenvalue weighted by Gasteiger charge is 2.33. The Bertz CT molecular complexity index is 381. The molecule has 0 bridgehead atoms. The van der Waals surface area contributed by atoms with E-state index in [1.165, 1.54) is 0 Å². The van der Waals surface area contributed by atoms with Crippen LogP contribution < -0.4 is 0 Å². The Morgan fingerprint density at radius 2 is 2.00 bits per heavy atom. The van der Waals surface area contributed by atoms with E-state index in [0.29, 0.717) is 36.5 Å². The van der Waals surface area contributed by atoms with Crippen LogP contribution in [-0.2, 0) is 9.53 Å². The van der Waals surface area contributed by atoms with E-state index in [9.17, 15) is 9.90 Å². The highest BCUT2D eigenvalue weighted by molar-refractivity contribution is 6.01. The van der Waals surface area contributed by atoms with Gasteiger partial charge in [0.05, 0.1) is 5.76 Å². The first-order valence-electron chi connectivity index (χ1n) is 6.64. The molecule has 1 aliphatic heterocycles. The number of ketones is 1. The molecule has 1 heterocycles. The zero-order valence-corrected chi connectivity index (χ0v) is 10.9. The van der Waals surface area contributed by atoms with E-state index in [4.69, 9.17) is 10.1 Å². The highest BCUT2D eigenvalue weighted by Crippen LogP contribution is 2.36.